The summed E-state index contributed by atoms with van der Waals surface area (Å²) in [6.45, 7) is 0. The Morgan fingerprint density at radius 2 is 2.33 bits per heavy atom. The highest BCUT2D eigenvalue weighted by Crippen LogP contribution is 2.25. The summed E-state index contributed by atoms with van der Waals surface area (Å²) in [7, 11) is 1.54. The first-order valence-electron chi connectivity index (χ1n) is 3.29. The van der Waals surface area contributed by atoms with E-state index < -0.39 is 0 Å². The number of aliphatic imine (C=N–C) groups is 1. The summed E-state index contributed by atoms with van der Waals surface area (Å²) < 4.78 is 4.91. The maximum Gasteiger partial charge on any atom is 0.240 e. The molecule has 0 spiro atoms. The van der Waals surface area contributed by atoms with Gasteiger partial charge in [0, 0.05) is 6.07 Å². The van der Waals surface area contributed by atoms with Gasteiger partial charge in [0.15, 0.2) is 0 Å². The van der Waals surface area contributed by atoms with Gasteiger partial charge >= 0.3 is 0 Å². The molecule has 0 unspecified atom stereocenters. The number of nitrogens with zero attached hydrogens (tertiary/aromatic N) is 1. The highest BCUT2D eigenvalue weighted by molar-refractivity contribution is 5.67. The molecule has 0 aliphatic carbocycles. The lowest BCUT2D eigenvalue weighted by molar-refractivity contribution is 0.415. The van der Waals surface area contributed by atoms with Crippen molar-refractivity contribution < 1.29 is 9.53 Å². The third kappa shape index (κ3) is 1.62. The Morgan fingerprint density at radius 1 is 1.58 bits per heavy atom. The van der Waals surface area contributed by atoms with Crippen molar-refractivity contribution in [2.24, 2.45) is 4.99 Å². The fraction of sp³-hybridized carbons (Fsp3) is 0.125. The molecule has 0 atom stereocenters. The second kappa shape index (κ2) is 3.55. The summed E-state index contributed by atoms with van der Waals surface area (Å²) in [4.78, 5) is 13.3. The van der Waals surface area contributed by atoms with Gasteiger partial charge in [-0.25, -0.2) is 4.79 Å². The standard InChI is InChI=1S/C8H8N2O2/c1-12-6-2-3-8(10-5-11)7(9)4-6/h2-4H,9H2,1H3. The fourth-order valence-corrected chi connectivity index (χ4v) is 0.811. The van der Waals surface area contributed by atoms with Crippen molar-refractivity contribution >= 4 is 17.5 Å². The molecule has 62 valence electrons. The van der Waals surface area contributed by atoms with Crippen LogP contribution in [0.3, 0.4) is 0 Å². The number of nitrogens with two attached hydrogens (primary N) is 1. The Kier molecular flexibility index (Phi) is 2.46. The second-order valence-corrected chi connectivity index (χ2v) is 2.13. The number of carbonyl (C=O) groups excluding carboxylic acids is 1. The Labute approximate surface area is 69.7 Å². The molecule has 2 N–H and O–H groups in total. The van der Waals surface area contributed by atoms with Crippen LogP contribution in [0, 0.1) is 0 Å². The number of anilines is 1. The third-order valence-corrected chi connectivity index (χ3v) is 1.40. The number of hydrogen-bond acceptors (Lipinski definition) is 4. The van der Waals surface area contributed by atoms with Crippen molar-refractivity contribution in [1.82, 2.24) is 0 Å². The predicted molar refractivity (Wildman–Crippen MR) is 45.2 cm³/mol. The smallest absolute Gasteiger partial charge is 0.240 e. The molecule has 0 saturated carbocycles. The van der Waals surface area contributed by atoms with Crippen molar-refractivity contribution in [3.05, 3.63) is 18.2 Å². The maximum atomic E-state index is 9.90. The van der Waals surface area contributed by atoms with Gasteiger partial charge in [-0.05, 0) is 12.1 Å². The Morgan fingerprint density at radius 3 is 2.83 bits per heavy atom. The van der Waals surface area contributed by atoms with E-state index in [-0.39, 0.29) is 0 Å². The summed E-state index contributed by atoms with van der Waals surface area (Å²) in [5.41, 5.74) is 6.34. The first-order chi connectivity index (χ1) is 5.77. The third-order valence-electron chi connectivity index (χ3n) is 1.40. The van der Waals surface area contributed by atoms with Gasteiger partial charge in [-0.2, -0.15) is 4.99 Å². The minimum atomic E-state index is 0.401. The zero-order valence-electron chi connectivity index (χ0n) is 6.57. The van der Waals surface area contributed by atoms with Crippen molar-refractivity contribution in [3.8, 4) is 5.75 Å². The van der Waals surface area contributed by atoms with E-state index in [4.69, 9.17) is 10.5 Å². The van der Waals surface area contributed by atoms with E-state index in [2.05, 4.69) is 4.99 Å². The van der Waals surface area contributed by atoms with Crippen LogP contribution in [0.4, 0.5) is 11.4 Å². The van der Waals surface area contributed by atoms with Gasteiger partial charge in [0.1, 0.15) is 5.75 Å². The zero-order valence-corrected chi connectivity index (χ0v) is 6.57. The van der Waals surface area contributed by atoms with E-state index >= 15 is 0 Å². The number of isocyanates is 1. The molecular formula is C8H8N2O2. The van der Waals surface area contributed by atoms with Crippen LogP contribution >= 0.6 is 0 Å². The molecule has 0 fully saturated rings. The first kappa shape index (κ1) is 8.30. The quantitative estimate of drug-likeness (QED) is 0.406. The maximum absolute atomic E-state index is 9.90. The summed E-state index contributed by atoms with van der Waals surface area (Å²) in [5, 5.41) is 0. The lowest BCUT2D eigenvalue weighted by Gasteiger charge is -2.01. The molecule has 0 aliphatic rings. The van der Waals surface area contributed by atoms with Crippen LogP contribution in [-0.4, -0.2) is 13.2 Å². The van der Waals surface area contributed by atoms with Crippen molar-refractivity contribution in [2.45, 2.75) is 0 Å². The van der Waals surface area contributed by atoms with Gasteiger partial charge in [-0.1, -0.05) is 0 Å². The van der Waals surface area contributed by atoms with E-state index in [1.165, 1.54) is 13.2 Å². The molecule has 0 aromatic heterocycles. The molecule has 1 rings (SSSR count). The normalized spacial score (nSPS) is 8.75. The van der Waals surface area contributed by atoms with E-state index in [1.807, 2.05) is 0 Å². The van der Waals surface area contributed by atoms with Crippen LogP contribution in [0.5, 0.6) is 5.75 Å². The average molecular weight is 164 g/mol. The number of nitrogen functional groups attached to an aromatic ring is 1. The van der Waals surface area contributed by atoms with Crippen LogP contribution in [0.15, 0.2) is 23.2 Å². The van der Waals surface area contributed by atoms with Crippen LogP contribution in [0.2, 0.25) is 0 Å². The molecule has 0 aliphatic heterocycles. The first-order valence-corrected chi connectivity index (χ1v) is 3.29. The van der Waals surface area contributed by atoms with Crippen molar-refractivity contribution in [1.29, 1.82) is 0 Å². The van der Waals surface area contributed by atoms with Crippen LogP contribution < -0.4 is 10.5 Å². The molecule has 1 aromatic rings. The molecule has 0 bridgehead atoms. The summed E-state index contributed by atoms with van der Waals surface area (Å²) in [6.07, 6.45) is 1.42. The predicted octanol–water partition coefficient (Wildman–Crippen LogP) is 1.24. The minimum absolute atomic E-state index is 0.401. The van der Waals surface area contributed by atoms with E-state index in [0.717, 1.165) is 0 Å². The van der Waals surface area contributed by atoms with E-state index in [0.29, 0.717) is 17.1 Å². The highest BCUT2D eigenvalue weighted by atomic mass is 16.5. The second-order valence-electron chi connectivity index (χ2n) is 2.13. The molecule has 0 amide bonds. The summed E-state index contributed by atoms with van der Waals surface area (Å²) >= 11 is 0. The van der Waals surface area contributed by atoms with Crippen molar-refractivity contribution in [3.63, 3.8) is 0 Å². The van der Waals surface area contributed by atoms with Gasteiger partial charge in [0.05, 0.1) is 18.5 Å². The Hall–Kier alpha value is -1.80. The molecule has 0 heterocycles. The van der Waals surface area contributed by atoms with Crippen LogP contribution in [0.25, 0.3) is 0 Å². The van der Waals surface area contributed by atoms with Crippen molar-refractivity contribution in [2.75, 3.05) is 12.8 Å². The fourth-order valence-electron chi connectivity index (χ4n) is 0.811. The monoisotopic (exact) mass is 164 g/mol. The average Bonchev–Trinajstić information content (AvgIpc) is 2.09. The van der Waals surface area contributed by atoms with E-state index in [1.54, 1.807) is 18.2 Å². The number of rotatable bonds is 2. The molecule has 12 heavy (non-hydrogen) atoms. The lowest BCUT2D eigenvalue weighted by Crippen LogP contribution is -1.88. The van der Waals surface area contributed by atoms with Gasteiger partial charge in [0.25, 0.3) is 0 Å². The van der Waals surface area contributed by atoms with Gasteiger partial charge in [0.2, 0.25) is 6.08 Å². The molecule has 4 nitrogen and oxygen atoms in total. The Balaban J connectivity index is 3.11. The molecule has 0 saturated heterocycles. The number of methoxy groups -OCH3 is 1. The zero-order chi connectivity index (χ0) is 8.97. The number of hydrogen-bond donors (Lipinski definition) is 1. The summed E-state index contributed by atoms with van der Waals surface area (Å²) in [5.74, 6) is 0.636. The number of benzene rings is 1. The highest BCUT2D eigenvalue weighted by Gasteiger charge is 1.98. The van der Waals surface area contributed by atoms with Gasteiger partial charge in [-0.3, -0.25) is 0 Å². The minimum Gasteiger partial charge on any atom is -0.497 e. The van der Waals surface area contributed by atoms with E-state index in [9.17, 15) is 4.79 Å². The molecular weight excluding hydrogens is 156 g/mol. The number of ether oxygens (including phenoxy) is 1. The Bertz CT molecular complexity index is 330. The molecule has 4 heteroatoms. The summed E-state index contributed by atoms with van der Waals surface area (Å²) in [6, 6.07) is 4.86. The molecule has 1 aromatic carbocycles. The van der Waals surface area contributed by atoms with Crippen LogP contribution in [0.1, 0.15) is 0 Å². The molecule has 0 radical (unpaired) electrons. The largest absolute Gasteiger partial charge is 0.497 e. The van der Waals surface area contributed by atoms with Crippen LogP contribution in [-0.2, 0) is 4.79 Å². The topological polar surface area (TPSA) is 64.7 Å². The lowest BCUT2D eigenvalue weighted by atomic mass is 10.2. The van der Waals surface area contributed by atoms with Gasteiger partial charge < -0.3 is 10.5 Å². The SMILES string of the molecule is COc1ccc(N=C=O)c(N)c1. The van der Waals surface area contributed by atoms with Gasteiger partial charge in [-0.15, -0.1) is 0 Å².